The molecule has 0 spiro atoms. The summed E-state index contributed by atoms with van der Waals surface area (Å²) in [5.41, 5.74) is 3.33. The quantitative estimate of drug-likeness (QED) is 0.165. The number of nitrogens with zero attached hydrogens (tertiary/aromatic N) is 7. The molecular weight excluding hydrogens is 546 g/mol. The minimum atomic E-state index is -0.937. The van der Waals surface area contributed by atoms with Gasteiger partial charge in [0, 0.05) is 49.5 Å². The van der Waals surface area contributed by atoms with Gasteiger partial charge in [0.25, 0.3) is 0 Å². The van der Waals surface area contributed by atoms with Crippen molar-refractivity contribution in [2.45, 2.75) is 51.5 Å². The van der Waals surface area contributed by atoms with Crippen molar-refractivity contribution in [3.8, 4) is 11.6 Å². The number of carboxylic acids is 1. The number of carbonyl (C=O) groups is 1. The predicted octanol–water partition coefficient (Wildman–Crippen LogP) is 3.78. The zero-order valence-electron chi connectivity index (χ0n) is 24.5. The average Bonchev–Trinajstić information content (AvgIpc) is 3.57. The molecule has 1 aliphatic heterocycles. The van der Waals surface area contributed by atoms with Crippen molar-refractivity contribution in [3.05, 3.63) is 78.3 Å². The Bertz CT molecular complexity index is 1450. The van der Waals surface area contributed by atoms with Crippen LogP contribution in [-0.4, -0.2) is 84.5 Å². The molecule has 0 amide bonds. The van der Waals surface area contributed by atoms with E-state index in [0.717, 1.165) is 68.1 Å². The average molecular weight is 586 g/mol. The molecule has 5 heterocycles. The Hall–Kier alpha value is -4.58. The highest BCUT2D eigenvalue weighted by molar-refractivity contribution is 5.76. The lowest BCUT2D eigenvalue weighted by Gasteiger charge is -2.24. The first kappa shape index (κ1) is 29.9. The summed E-state index contributed by atoms with van der Waals surface area (Å²) in [6.07, 6.45) is 12.0. The molecular formula is C31H39N9O3. The van der Waals surface area contributed by atoms with Gasteiger partial charge in [-0.3, -0.25) is 9.88 Å². The van der Waals surface area contributed by atoms with Crippen LogP contribution in [0.15, 0.2) is 61.3 Å². The summed E-state index contributed by atoms with van der Waals surface area (Å²) < 4.78 is 7.54. The van der Waals surface area contributed by atoms with Crippen molar-refractivity contribution in [3.63, 3.8) is 0 Å². The number of aryl methyl sites for hydroxylation is 3. The number of aliphatic carboxylic acids is 1. The lowest BCUT2D eigenvalue weighted by Crippen LogP contribution is -2.37. The third-order valence-electron chi connectivity index (χ3n) is 7.42. The number of hydrogen-bond acceptors (Lipinski definition) is 10. The van der Waals surface area contributed by atoms with Gasteiger partial charge in [-0.25, -0.2) is 24.4 Å². The fraction of sp³-hybridized carbons (Fsp3) is 0.419. The van der Waals surface area contributed by atoms with E-state index in [0.29, 0.717) is 37.8 Å². The van der Waals surface area contributed by atoms with E-state index in [4.69, 9.17) is 9.72 Å². The van der Waals surface area contributed by atoms with Crippen molar-refractivity contribution in [1.29, 1.82) is 0 Å². The van der Waals surface area contributed by atoms with Crippen molar-refractivity contribution < 1.29 is 14.6 Å². The van der Waals surface area contributed by atoms with Crippen LogP contribution in [0.4, 0.5) is 11.6 Å². The summed E-state index contributed by atoms with van der Waals surface area (Å²) in [5, 5.41) is 20.6. The second kappa shape index (κ2) is 15.1. The topological polar surface area (TPSA) is 143 Å². The number of pyridine rings is 2. The second-order valence-electron chi connectivity index (χ2n) is 10.7. The highest BCUT2D eigenvalue weighted by atomic mass is 16.5. The molecule has 43 heavy (non-hydrogen) atoms. The summed E-state index contributed by atoms with van der Waals surface area (Å²) in [6.45, 7) is 5.47. The maximum absolute atomic E-state index is 12.2. The number of anilines is 2. The van der Waals surface area contributed by atoms with Crippen molar-refractivity contribution in [2.24, 2.45) is 0 Å². The van der Waals surface area contributed by atoms with E-state index in [1.807, 2.05) is 19.1 Å². The molecule has 0 aliphatic carbocycles. The van der Waals surface area contributed by atoms with Crippen LogP contribution in [0.1, 0.15) is 42.6 Å². The number of aromatic nitrogens is 6. The first-order chi connectivity index (χ1) is 21.0. The number of rotatable bonds is 16. The summed E-state index contributed by atoms with van der Waals surface area (Å²) in [7, 11) is 0. The van der Waals surface area contributed by atoms with Gasteiger partial charge < -0.3 is 20.5 Å². The molecule has 3 N–H and O–H groups in total. The van der Waals surface area contributed by atoms with E-state index in [2.05, 4.69) is 47.7 Å². The van der Waals surface area contributed by atoms with Gasteiger partial charge in [0.2, 0.25) is 0 Å². The summed E-state index contributed by atoms with van der Waals surface area (Å²) in [6, 6.07) is 10.8. The first-order valence-electron chi connectivity index (χ1n) is 14.9. The molecule has 4 aromatic heterocycles. The zero-order chi connectivity index (χ0) is 29.9. The van der Waals surface area contributed by atoms with Crippen LogP contribution >= 0.6 is 0 Å². The molecule has 1 aliphatic rings. The lowest BCUT2D eigenvalue weighted by atomic mass is 10.1. The van der Waals surface area contributed by atoms with Crippen molar-refractivity contribution >= 4 is 17.6 Å². The number of hydrogen-bond donors (Lipinski definition) is 3. The normalized spacial score (nSPS) is 13.3. The summed E-state index contributed by atoms with van der Waals surface area (Å²) >= 11 is 0. The van der Waals surface area contributed by atoms with Crippen molar-refractivity contribution in [1.82, 2.24) is 34.6 Å². The molecule has 0 radical (unpaired) electrons. The van der Waals surface area contributed by atoms with Crippen LogP contribution in [0.3, 0.4) is 0 Å². The fourth-order valence-corrected chi connectivity index (χ4v) is 5.02. The summed E-state index contributed by atoms with van der Waals surface area (Å²) in [4.78, 5) is 32.0. The third kappa shape index (κ3) is 8.95. The van der Waals surface area contributed by atoms with Gasteiger partial charge in [-0.15, -0.1) is 0 Å². The minimum Gasteiger partial charge on any atom is -0.491 e. The molecule has 0 fully saturated rings. The van der Waals surface area contributed by atoms with Gasteiger partial charge in [-0.2, -0.15) is 5.10 Å². The van der Waals surface area contributed by atoms with Crippen LogP contribution < -0.4 is 15.4 Å². The van der Waals surface area contributed by atoms with E-state index in [1.54, 1.807) is 35.4 Å². The largest absolute Gasteiger partial charge is 0.491 e. The Balaban J connectivity index is 1.16. The predicted molar refractivity (Wildman–Crippen MR) is 164 cm³/mol. The van der Waals surface area contributed by atoms with Gasteiger partial charge in [-0.1, -0.05) is 6.07 Å². The number of ether oxygens (including phenoxy) is 1. The SMILES string of the molecule is Cc1ccc(OCCN(CCCCc2ccc3c(n2)NCCC3)CCC(Nc2cc(-n3cccn3)ncn2)C(=O)O)cn1. The van der Waals surface area contributed by atoms with Gasteiger partial charge in [0.1, 0.15) is 36.4 Å². The van der Waals surface area contributed by atoms with Crippen LogP contribution in [0.25, 0.3) is 5.82 Å². The van der Waals surface area contributed by atoms with E-state index in [-0.39, 0.29) is 0 Å². The standard InChI is InChI=1S/C31H39N9O3/c1-23-8-11-26(21-33-23)43-19-18-39(15-3-2-7-25-10-9-24-6-4-13-32-30(24)37-25)17-12-27(31(41)42)38-28-20-29(35-22-34-28)40-16-5-14-36-40/h5,8-11,14,16,20-22,27H,2-4,6-7,12-13,15,17-19H2,1H3,(H,32,37)(H,41,42)(H,34,35,38). The van der Waals surface area contributed by atoms with Gasteiger partial charge >= 0.3 is 5.97 Å². The second-order valence-corrected chi connectivity index (χ2v) is 10.7. The highest BCUT2D eigenvalue weighted by Crippen LogP contribution is 2.20. The number of nitrogens with one attached hydrogen (secondary N) is 2. The Morgan fingerprint density at radius 3 is 2.91 bits per heavy atom. The Morgan fingerprint density at radius 2 is 2.09 bits per heavy atom. The Morgan fingerprint density at radius 1 is 1.16 bits per heavy atom. The minimum absolute atomic E-state index is 0.389. The number of fused-ring (bicyclic) bond motifs is 1. The molecule has 1 unspecified atom stereocenters. The van der Waals surface area contributed by atoms with E-state index in [9.17, 15) is 9.90 Å². The number of unbranched alkanes of at least 4 members (excludes halogenated alkanes) is 1. The zero-order valence-corrected chi connectivity index (χ0v) is 24.5. The Labute approximate surface area is 251 Å². The van der Waals surface area contributed by atoms with Crippen LogP contribution in [-0.2, 0) is 17.6 Å². The smallest absolute Gasteiger partial charge is 0.326 e. The van der Waals surface area contributed by atoms with Crippen molar-refractivity contribution in [2.75, 3.05) is 43.4 Å². The van der Waals surface area contributed by atoms with E-state index >= 15 is 0 Å². The van der Waals surface area contributed by atoms with Crippen LogP contribution in [0, 0.1) is 6.92 Å². The highest BCUT2D eigenvalue weighted by Gasteiger charge is 2.20. The van der Waals surface area contributed by atoms with Crippen LogP contribution in [0.5, 0.6) is 5.75 Å². The van der Waals surface area contributed by atoms with E-state index < -0.39 is 12.0 Å². The maximum atomic E-state index is 12.2. The molecule has 0 aromatic carbocycles. The molecule has 4 aromatic rings. The van der Waals surface area contributed by atoms with Gasteiger partial charge in [-0.05, 0) is 81.8 Å². The first-order valence-corrected chi connectivity index (χ1v) is 14.9. The molecule has 1 atom stereocenters. The Kier molecular flexibility index (Phi) is 10.5. The molecule has 12 nitrogen and oxygen atoms in total. The molecule has 0 saturated carbocycles. The fourth-order valence-electron chi connectivity index (χ4n) is 5.02. The number of carboxylic acid groups (broad SMARTS) is 1. The molecule has 5 rings (SSSR count). The summed E-state index contributed by atoms with van der Waals surface area (Å²) in [5.74, 6) is 1.80. The molecule has 0 saturated heterocycles. The lowest BCUT2D eigenvalue weighted by molar-refractivity contribution is -0.138. The maximum Gasteiger partial charge on any atom is 0.326 e. The van der Waals surface area contributed by atoms with Gasteiger partial charge in [0.05, 0.1) is 6.20 Å². The molecule has 226 valence electrons. The molecule has 12 heteroatoms. The molecule has 0 bridgehead atoms. The van der Waals surface area contributed by atoms with E-state index in [1.165, 1.54) is 11.9 Å². The van der Waals surface area contributed by atoms with Gasteiger partial charge in [0.15, 0.2) is 5.82 Å². The monoisotopic (exact) mass is 585 g/mol. The van der Waals surface area contributed by atoms with Crippen LogP contribution in [0.2, 0.25) is 0 Å². The third-order valence-corrected chi connectivity index (χ3v) is 7.42.